The minimum atomic E-state index is -3.92. The maximum atomic E-state index is 12.8. The molecular weight excluding hydrogens is 352 g/mol. The van der Waals surface area contributed by atoms with E-state index in [-0.39, 0.29) is 10.6 Å². The maximum absolute atomic E-state index is 12.8. The lowest BCUT2D eigenvalue weighted by atomic mass is 9.89. The highest BCUT2D eigenvalue weighted by atomic mass is 35.5. The first-order valence-electron chi connectivity index (χ1n) is 7.65. The number of benzene rings is 1. The Kier molecular flexibility index (Phi) is 5.90. The summed E-state index contributed by atoms with van der Waals surface area (Å²) in [4.78, 5) is 11.5. The number of hydrogen-bond acceptors (Lipinski definition) is 4. The van der Waals surface area contributed by atoms with Gasteiger partial charge in [0.2, 0.25) is 15.9 Å². The molecule has 0 unspecified atom stereocenters. The van der Waals surface area contributed by atoms with Gasteiger partial charge in [-0.15, -0.1) is 0 Å². The number of carbonyl (C=O) groups is 1. The monoisotopic (exact) mass is 372 g/mol. The lowest BCUT2D eigenvalue weighted by molar-refractivity contribution is -0.122. The summed E-state index contributed by atoms with van der Waals surface area (Å²) in [7, 11) is -3.92. The number of ether oxygens (including phenoxy) is 1. The minimum Gasteiger partial charge on any atom is -0.492 e. The van der Waals surface area contributed by atoms with Crippen LogP contribution in [0.25, 0.3) is 0 Å². The summed E-state index contributed by atoms with van der Waals surface area (Å²) in [6, 6.07) is 2.36. The molecule has 0 saturated carbocycles. The van der Waals surface area contributed by atoms with Crippen molar-refractivity contribution in [3.63, 3.8) is 0 Å². The van der Waals surface area contributed by atoms with Gasteiger partial charge in [0.25, 0.3) is 0 Å². The lowest BCUT2D eigenvalue weighted by Gasteiger charge is -2.27. The average Bonchev–Trinajstić information content (AvgIpc) is 2.50. The Labute approximate surface area is 147 Å². The molecule has 2 atom stereocenters. The van der Waals surface area contributed by atoms with Crippen LogP contribution in [0.15, 0.2) is 29.2 Å². The molecular formula is C16H21ClN2O4S. The van der Waals surface area contributed by atoms with Crippen LogP contribution in [-0.2, 0) is 14.8 Å². The van der Waals surface area contributed by atoms with Gasteiger partial charge in [-0.2, -0.15) is 0 Å². The highest BCUT2D eigenvalue weighted by molar-refractivity contribution is 7.89. The van der Waals surface area contributed by atoms with Crippen LogP contribution in [0.4, 0.5) is 0 Å². The summed E-state index contributed by atoms with van der Waals surface area (Å²) < 4.78 is 33.6. The van der Waals surface area contributed by atoms with Gasteiger partial charge in [-0.1, -0.05) is 23.8 Å². The van der Waals surface area contributed by atoms with Crippen molar-refractivity contribution in [2.24, 2.45) is 11.7 Å². The predicted molar refractivity (Wildman–Crippen MR) is 92.5 cm³/mol. The molecule has 132 valence electrons. The maximum Gasteiger partial charge on any atom is 0.244 e. The molecule has 1 aliphatic carbocycles. The van der Waals surface area contributed by atoms with Crippen molar-refractivity contribution in [1.82, 2.24) is 4.72 Å². The summed E-state index contributed by atoms with van der Waals surface area (Å²) in [6.07, 6.45) is 4.47. The van der Waals surface area contributed by atoms with Crippen molar-refractivity contribution in [1.29, 1.82) is 0 Å². The first-order valence-corrected chi connectivity index (χ1v) is 9.52. The Bertz CT molecular complexity index is 762. The number of carbonyl (C=O) groups excluding carboxylic acids is 1. The molecule has 0 spiro atoms. The van der Waals surface area contributed by atoms with E-state index in [0.29, 0.717) is 24.5 Å². The summed E-state index contributed by atoms with van der Waals surface area (Å²) in [5, 5.41) is 0.328. The van der Waals surface area contributed by atoms with Crippen LogP contribution in [-0.4, -0.2) is 27.0 Å². The second-order valence-corrected chi connectivity index (χ2v) is 7.75. The standard InChI is InChI=1S/C16H21ClN2O4S/c1-3-23-14-8-10(2)12(17)9-15(14)24(21,22)19-13-7-5-4-6-11(13)16(18)20/h4-5,8-9,11,13,19H,3,6-7H2,1-2H3,(H2,18,20)/t11-,13-/m1/s1. The Morgan fingerprint density at radius 2 is 2.04 bits per heavy atom. The van der Waals surface area contributed by atoms with E-state index in [2.05, 4.69) is 4.72 Å². The van der Waals surface area contributed by atoms with Crippen LogP contribution in [0.1, 0.15) is 25.3 Å². The lowest BCUT2D eigenvalue weighted by Crippen LogP contribution is -2.46. The predicted octanol–water partition coefficient (Wildman–Crippen LogP) is 2.15. The van der Waals surface area contributed by atoms with Crippen LogP contribution in [0, 0.1) is 12.8 Å². The van der Waals surface area contributed by atoms with Gasteiger partial charge in [0.05, 0.1) is 12.5 Å². The van der Waals surface area contributed by atoms with Gasteiger partial charge in [-0.3, -0.25) is 4.79 Å². The van der Waals surface area contributed by atoms with E-state index in [1.165, 1.54) is 6.07 Å². The second-order valence-electron chi connectivity index (χ2n) is 5.66. The van der Waals surface area contributed by atoms with Crippen LogP contribution in [0.3, 0.4) is 0 Å². The van der Waals surface area contributed by atoms with E-state index in [1.54, 1.807) is 19.9 Å². The third kappa shape index (κ3) is 4.09. The molecule has 6 nitrogen and oxygen atoms in total. The Morgan fingerprint density at radius 3 is 2.67 bits per heavy atom. The van der Waals surface area contributed by atoms with Crippen LogP contribution in [0.5, 0.6) is 5.75 Å². The molecule has 3 N–H and O–H groups in total. The second kappa shape index (κ2) is 7.55. The fraction of sp³-hybridized carbons (Fsp3) is 0.438. The molecule has 0 radical (unpaired) electrons. The quantitative estimate of drug-likeness (QED) is 0.747. The number of halogens is 1. The fourth-order valence-corrected chi connectivity index (χ4v) is 4.31. The van der Waals surface area contributed by atoms with Crippen molar-refractivity contribution < 1.29 is 17.9 Å². The van der Waals surface area contributed by atoms with Crippen molar-refractivity contribution in [2.75, 3.05) is 6.61 Å². The van der Waals surface area contributed by atoms with E-state index in [1.807, 2.05) is 12.2 Å². The normalized spacial score (nSPS) is 20.8. The Balaban J connectivity index is 2.38. The van der Waals surface area contributed by atoms with Crippen LogP contribution < -0.4 is 15.2 Å². The van der Waals surface area contributed by atoms with Gasteiger partial charge in [-0.05, 0) is 44.4 Å². The smallest absolute Gasteiger partial charge is 0.244 e. The van der Waals surface area contributed by atoms with Gasteiger partial charge in [0, 0.05) is 11.1 Å². The first kappa shape index (κ1) is 18.8. The van der Waals surface area contributed by atoms with Gasteiger partial charge in [-0.25, -0.2) is 13.1 Å². The van der Waals surface area contributed by atoms with Crippen LogP contribution >= 0.6 is 11.6 Å². The van der Waals surface area contributed by atoms with E-state index in [0.717, 1.165) is 5.56 Å². The SMILES string of the molecule is CCOc1cc(C)c(Cl)cc1S(=O)(=O)N[C@@H]1CC=CC[C@H]1C(N)=O. The van der Waals surface area contributed by atoms with E-state index in [9.17, 15) is 13.2 Å². The molecule has 8 heteroatoms. The number of allylic oxidation sites excluding steroid dienone is 1. The molecule has 0 aliphatic heterocycles. The molecule has 0 fully saturated rings. The molecule has 1 amide bonds. The zero-order chi connectivity index (χ0) is 17.9. The van der Waals surface area contributed by atoms with Crippen molar-refractivity contribution in [2.45, 2.75) is 37.6 Å². The van der Waals surface area contributed by atoms with Gasteiger partial charge in [0.15, 0.2) is 0 Å². The van der Waals surface area contributed by atoms with Crippen LogP contribution in [0.2, 0.25) is 5.02 Å². The summed E-state index contributed by atoms with van der Waals surface area (Å²) in [5.41, 5.74) is 6.10. The van der Waals surface area contributed by atoms with Crippen molar-refractivity contribution in [3.05, 3.63) is 34.9 Å². The van der Waals surface area contributed by atoms with E-state index >= 15 is 0 Å². The molecule has 24 heavy (non-hydrogen) atoms. The highest BCUT2D eigenvalue weighted by Crippen LogP contribution is 2.31. The number of nitrogens with one attached hydrogen (secondary N) is 1. The van der Waals surface area contributed by atoms with Crippen molar-refractivity contribution in [3.8, 4) is 5.75 Å². The fourth-order valence-electron chi connectivity index (χ4n) is 2.64. The van der Waals surface area contributed by atoms with E-state index < -0.39 is 27.9 Å². The highest BCUT2D eigenvalue weighted by Gasteiger charge is 2.32. The molecule has 1 aliphatic rings. The topological polar surface area (TPSA) is 98.5 Å². The number of hydrogen-bond donors (Lipinski definition) is 2. The number of amides is 1. The number of rotatable bonds is 6. The van der Waals surface area contributed by atoms with Gasteiger partial charge in [0.1, 0.15) is 10.6 Å². The molecule has 0 aromatic heterocycles. The Morgan fingerprint density at radius 1 is 1.38 bits per heavy atom. The third-order valence-electron chi connectivity index (χ3n) is 3.92. The molecule has 1 aromatic rings. The molecule has 0 heterocycles. The average molecular weight is 373 g/mol. The third-order valence-corrected chi connectivity index (χ3v) is 5.84. The van der Waals surface area contributed by atoms with E-state index in [4.69, 9.17) is 22.1 Å². The first-order chi connectivity index (χ1) is 11.3. The molecule has 0 bridgehead atoms. The zero-order valence-electron chi connectivity index (χ0n) is 13.6. The molecule has 2 rings (SSSR count). The summed E-state index contributed by atoms with van der Waals surface area (Å²) >= 11 is 6.08. The Hall–Kier alpha value is -1.57. The van der Waals surface area contributed by atoms with Gasteiger partial charge >= 0.3 is 0 Å². The van der Waals surface area contributed by atoms with Crippen molar-refractivity contribution >= 4 is 27.5 Å². The number of aryl methyl sites for hydroxylation is 1. The molecule has 1 aromatic carbocycles. The number of primary amides is 1. The number of sulfonamides is 1. The summed E-state index contributed by atoms with van der Waals surface area (Å²) in [6.45, 7) is 3.85. The zero-order valence-corrected chi connectivity index (χ0v) is 15.2. The van der Waals surface area contributed by atoms with Gasteiger partial charge < -0.3 is 10.5 Å². The number of nitrogens with two attached hydrogens (primary N) is 1. The largest absolute Gasteiger partial charge is 0.492 e. The molecule has 0 saturated heterocycles. The summed E-state index contributed by atoms with van der Waals surface area (Å²) in [5.74, 6) is -0.880. The minimum absolute atomic E-state index is 0.0438.